The van der Waals surface area contributed by atoms with Gasteiger partial charge in [-0.05, 0) is 44.2 Å². The molecule has 0 unspecified atom stereocenters. The van der Waals surface area contributed by atoms with Gasteiger partial charge in [0.2, 0.25) is 11.8 Å². The van der Waals surface area contributed by atoms with Crippen molar-refractivity contribution in [3.63, 3.8) is 0 Å². The SMILES string of the molecule is C=CC(=O)N(Cc1ccccc1)C1(C(=O)N2CCCC2)CC1.CC=O. The van der Waals surface area contributed by atoms with Crippen LogP contribution in [0.5, 0.6) is 0 Å². The first-order valence-corrected chi connectivity index (χ1v) is 8.76. The third-order valence-electron chi connectivity index (χ3n) is 4.66. The highest BCUT2D eigenvalue weighted by atomic mass is 16.2. The highest BCUT2D eigenvalue weighted by Gasteiger charge is 2.57. The van der Waals surface area contributed by atoms with E-state index in [9.17, 15) is 9.59 Å². The highest BCUT2D eigenvalue weighted by Crippen LogP contribution is 2.45. The lowest BCUT2D eigenvalue weighted by Crippen LogP contribution is -2.51. The summed E-state index contributed by atoms with van der Waals surface area (Å²) >= 11 is 0. The van der Waals surface area contributed by atoms with Crippen molar-refractivity contribution in [1.82, 2.24) is 9.80 Å². The highest BCUT2D eigenvalue weighted by molar-refractivity contribution is 5.97. The van der Waals surface area contributed by atoms with Crippen LogP contribution in [0.3, 0.4) is 0 Å². The molecule has 5 nitrogen and oxygen atoms in total. The second-order valence-corrected chi connectivity index (χ2v) is 6.38. The Morgan fingerprint density at radius 1 is 1.20 bits per heavy atom. The molecule has 134 valence electrons. The van der Waals surface area contributed by atoms with E-state index in [2.05, 4.69) is 6.58 Å². The number of aldehydes is 1. The third kappa shape index (κ3) is 4.35. The van der Waals surface area contributed by atoms with Crippen LogP contribution in [0.1, 0.15) is 38.2 Å². The Hall–Kier alpha value is -2.43. The van der Waals surface area contributed by atoms with E-state index in [1.54, 1.807) is 4.90 Å². The zero-order valence-corrected chi connectivity index (χ0v) is 14.8. The van der Waals surface area contributed by atoms with Crippen molar-refractivity contribution in [2.45, 2.75) is 44.7 Å². The fourth-order valence-electron chi connectivity index (χ4n) is 3.25. The van der Waals surface area contributed by atoms with Gasteiger partial charge < -0.3 is 14.6 Å². The summed E-state index contributed by atoms with van der Waals surface area (Å²) in [6.45, 7) is 7.16. The van der Waals surface area contributed by atoms with Crippen LogP contribution >= 0.6 is 0 Å². The monoisotopic (exact) mass is 342 g/mol. The van der Waals surface area contributed by atoms with Crippen LogP contribution in [-0.4, -0.2) is 46.5 Å². The Balaban J connectivity index is 0.000000701. The molecule has 2 fully saturated rings. The number of benzene rings is 1. The Morgan fingerprint density at radius 2 is 1.76 bits per heavy atom. The average Bonchev–Trinajstić information content (AvgIpc) is 3.25. The van der Waals surface area contributed by atoms with Crippen LogP contribution in [0.2, 0.25) is 0 Å². The van der Waals surface area contributed by atoms with E-state index in [1.807, 2.05) is 35.2 Å². The van der Waals surface area contributed by atoms with Gasteiger partial charge in [0.25, 0.3) is 0 Å². The summed E-state index contributed by atoms with van der Waals surface area (Å²) in [5, 5.41) is 0. The van der Waals surface area contributed by atoms with E-state index in [-0.39, 0.29) is 11.8 Å². The minimum Gasteiger partial charge on any atom is -0.341 e. The number of nitrogens with zero attached hydrogens (tertiary/aromatic N) is 2. The van der Waals surface area contributed by atoms with Crippen molar-refractivity contribution < 1.29 is 14.4 Å². The molecule has 2 amide bonds. The predicted molar refractivity (Wildman–Crippen MR) is 96.7 cm³/mol. The van der Waals surface area contributed by atoms with Crippen molar-refractivity contribution >= 4 is 18.1 Å². The smallest absolute Gasteiger partial charge is 0.248 e. The summed E-state index contributed by atoms with van der Waals surface area (Å²) in [5.41, 5.74) is 0.407. The molecule has 0 bridgehead atoms. The fourth-order valence-corrected chi connectivity index (χ4v) is 3.25. The first-order valence-electron chi connectivity index (χ1n) is 8.76. The summed E-state index contributed by atoms with van der Waals surface area (Å²) in [6.07, 6.45) is 5.72. The maximum absolute atomic E-state index is 12.9. The van der Waals surface area contributed by atoms with Crippen molar-refractivity contribution in [2.24, 2.45) is 0 Å². The van der Waals surface area contributed by atoms with Gasteiger partial charge >= 0.3 is 0 Å². The molecule has 1 saturated heterocycles. The van der Waals surface area contributed by atoms with Crippen LogP contribution < -0.4 is 0 Å². The lowest BCUT2D eigenvalue weighted by atomic mass is 10.1. The number of amides is 2. The molecule has 1 heterocycles. The van der Waals surface area contributed by atoms with Gasteiger partial charge in [-0.1, -0.05) is 36.9 Å². The largest absolute Gasteiger partial charge is 0.341 e. The number of hydrogen-bond acceptors (Lipinski definition) is 3. The van der Waals surface area contributed by atoms with Gasteiger partial charge in [0.1, 0.15) is 11.8 Å². The molecule has 25 heavy (non-hydrogen) atoms. The van der Waals surface area contributed by atoms with Crippen molar-refractivity contribution in [1.29, 1.82) is 0 Å². The zero-order valence-electron chi connectivity index (χ0n) is 14.8. The van der Waals surface area contributed by atoms with Crippen molar-refractivity contribution in [3.05, 3.63) is 48.6 Å². The van der Waals surface area contributed by atoms with E-state index >= 15 is 0 Å². The Labute approximate surface area is 149 Å². The number of likely N-dealkylation sites (tertiary alicyclic amines) is 1. The Morgan fingerprint density at radius 3 is 2.24 bits per heavy atom. The van der Waals surface area contributed by atoms with Crippen LogP contribution in [0, 0.1) is 0 Å². The van der Waals surface area contributed by atoms with Crippen molar-refractivity contribution in [3.8, 4) is 0 Å². The standard InChI is InChI=1S/C18H22N2O2.C2H4O/c1-2-16(21)20(14-15-8-4-3-5-9-15)18(10-11-18)17(22)19-12-6-7-13-19;1-2-3/h2-5,8-9H,1,6-7,10-14H2;2H,1H3. The van der Waals surface area contributed by atoms with Crippen LogP contribution in [0.25, 0.3) is 0 Å². The maximum atomic E-state index is 12.9. The van der Waals surface area contributed by atoms with Gasteiger partial charge in [0.15, 0.2) is 0 Å². The summed E-state index contributed by atoms with van der Waals surface area (Å²) in [6, 6.07) is 9.83. The molecule has 0 aromatic heterocycles. The lowest BCUT2D eigenvalue weighted by Gasteiger charge is -2.33. The second kappa shape index (κ2) is 8.60. The van der Waals surface area contributed by atoms with E-state index in [4.69, 9.17) is 4.79 Å². The maximum Gasteiger partial charge on any atom is 0.248 e. The molecule has 0 spiro atoms. The Bertz CT molecular complexity index is 617. The van der Waals surface area contributed by atoms with E-state index in [0.717, 1.165) is 50.6 Å². The first kappa shape index (κ1) is 18.9. The van der Waals surface area contributed by atoms with Gasteiger partial charge in [-0.3, -0.25) is 9.59 Å². The quantitative estimate of drug-likeness (QED) is 0.610. The summed E-state index contributed by atoms with van der Waals surface area (Å²) in [7, 11) is 0. The fraction of sp³-hybridized carbons (Fsp3) is 0.450. The van der Waals surface area contributed by atoms with Gasteiger partial charge in [0, 0.05) is 19.6 Å². The molecular weight excluding hydrogens is 316 g/mol. The van der Waals surface area contributed by atoms with Gasteiger partial charge in [-0.15, -0.1) is 0 Å². The van der Waals surface area contributed by atoms with Crippen LogP contribution in [0.4, 0.5) is 0 Å². The summed E-state index contributed by atoms with van der Waals surface area (Å²) in [5.74, 6) is -0.0370. The molecule has 5 heteroatoms. The number of carbonyl (C=O) groups excluding carboxylic acids is 3. The number of carbonyl (C=O) groups is 3. The normalized spacial score (nSPS) is 17.1. The molecule has 1 aromatic rings. The molecule has 2 aliphatic rings. The molecule has 0 atom stereocenters. The molecule has 3 rings (SSSR count). The summed E-state index contributed by atoms with van der Waals surface area (Å²) < 4.78 is 0. The van der Waals surface area contributed by atoms with E-state index < -0.39 is 5.54 Å². The molecule has 0 radical (unpaired) electrons. The minimum atomic E-state index is -0.633. The van der Waals surface area contributed by atoms with E-state index in [1.165, 1.54) is 13.0 Å². The molecule has 1 aromatic carbocycles. The topological polar surface area (TPSA) is 57.7 Å². The molecule has 1 saturated carbocycles. The summed E-state index contributed by atoms with van der Waals surface area (Å²) in [4.78, 5) is 37.7. The molecule has 1 aliphatic heterocycles. The average molecular weight is 342 g/mol. The number of hydrogen-bond donors (Lipinski definition) is 0. The van der Waals surface area contributed by atoms with Crippen LogP contribution in [-0.2, 0) is 20.9 Å². The van der Waals surface area contributed by atoms with Crippen molar-refractivity contribution in [2.75, 3.05) is 13.1 Å². The van der Waals surface area contributed by atoms with Gasteiger partial charge in [-0.2, -0.15) is 0 Å². The zero-order chi connectivity index (χ0) is 18.3. The van der Waals surface area contributed by atoms with Crippen LogP contribution in [0.15, 0.2) is 43.0 Å². The number of rotatable bonds is 5. The Kier molecular flexibility index (Phi) is 6.51. The first-order chi connectivity index (χ1) is 12.1. The minimum absolute atomic E-state index is 0.121. The van der Waals surface area contributed by atoms with Gasteiger partial charge in [0.05, 0.1) is 0 Å². The predicted octanol–water partition coefficient (Wildman–Crippen LogP) is 2.56. The molecular formula is C20H26N2O3. The molecule has 1 aliphatic carbocycles. The molecule has 0 N–H and O–H groups in total. The second-order valence-electron chi connectivity index (χ2n) is 6.38. The third-order valence-corrected chi connectivity index (χ3v) is 4.66. The van der Waals surface area contributed by atoms with E-state index in [0.29, 0.717) is 6.54 Å². The van der Waals surface area contributed by atoms with Gasteiger partial charge in [-0.25, -0.2) is 0 Å². The lowest BCUT2D eigenvalue weighted by molar-refractivity contribution is -0.145.